The molecule has 0 aliphatic carbocycles. The van der Waals surface area contributed by atoms with E-state index in [4.69, 9.17) is 9.94 Å². The second kappa shape index (κ2) is 10.9. The summed E-state index contributed by atoms with van der Waals surface area (Å²) >= 11 is 6.53. The number of imide groups is 1. The molecule has 2 aromatic rings. The van der Waals surface area contributed by atoms with Crippen molar-refractivity contribution in [3.8, 4) is 5.75 Å². The van der Waals surface area contributed by atoms with Gasteiger partial charge in [0.15, 0.2) is 0 Å². The van der Waals surface area contributed by atoms with Crippen molar-refractivity contribution < 1.29 is 29.4 Å². The molecule has 8 nitrogen and oxygen atoms in total. The van der Waals surface area contributed by atoms with Crippen LogP contribution in [0.1, 0.15) is 28.9 Å². The third kappa shape index (κ3) is 6.41. The lowest BCUT2D eigenvalue weighted by molar-refractivity contribution is -0.124. The van der Waals surface area contributed by atoms with Crippen LogP contribution in [-0.4, -0.2) is 28.2 Å². The van der Waals surface area contributed by atoms with E-state index >= 15 is 0 Å². The fraction of sp³-hybridized carbons (Fsp3) is 0.150. The summed E-state index contributed by atoms with van der Waals surface area (Å²) in [6.45, 7) is 1.63. The Bertz CT molecular complexity index is 965. The summed E-state index contributed by atoms with van der Waals surface area (Å²) in [5.41, 5.74) is 1.97. The van der Waals surface area contributed by atoms with Gasteiger partial charge in [0.25, 0.3) is 11.8 Å². The molecule has 4 N–H and O–H groups in total. The molecular formula is C20H18Br2N2O6. The summed E-state index contributed by atoms with van der Waals surface area (Å²) in [5.74, 6) is -2.21. The van der Waals surface area contributed by atoms with Crippen LogP contribution >= 0.6 is 31.9 Å². The highest BCUT2D eigenvalue weighted by Gasteiger charge is 2.27. The highest BCUT2D eigenvalue weighted by molar-refractivity contribution is 9.11. The number of halogens is 2. The molecule has 0 unspecified atom stereocenters. The largest absolute Gasteiger partial charge is 0.506 e. The van der Waals surface area contributed by atoms with Gasteiger partial charge in [0, 0.05) is 27.6 Å². The van der Waals surface area contributed by atoms with Gasteiger partial charge in [-0.25, -0.2) is 10.3 Å². The van der Waals surface area contributed by atoms with Gasteiger partial charge in [0.1, 0.15) is 11.9 Å². The van der Waals surface area contributed by atoms with Crippen LogP contribution in [0.4, 0.5) is 4.79 Å². The van der Waals surface area contributed by atoms with Crippen molar-refractivity contribution in [3.63, 3.8) is 0 Å². The highest BCUT2D eigenvalue weighted by Crippen LogP contribution is 2.39. The Kier molecular flexibility index (Phi) is 8.58. The van der Waals surface area contributed by atoms with Gasteiger partial charge < -0.3 is 9.84 Å². The van der Waals surface area contributed by atoms with Crippen LogP contribution in [0.2, 0.25) is 0 Å². The molecule has 0 bridgehead atoms. The van der Waals surface area contributed by atoms with Crippen molar-refractivity contribution in [2.75, 3.05) is 0 Å². The molecule has 158 valence electrons. The van der Waals surface area contributed by atoms with Gasteiger partial charge in [0.05, 0.1) is 4.47 Å². The molecule has 0 aliphatic rings. The molecule has 0 radical (unpaired) electrons. The van der Waals surface area contributed by atoms with Crippen molar-refractivity contribution in [2.24, 2.45) is 5.92 Å². The topological polar surface area (TPSA) is 125 Å². The van der Waals surface area contributed by atoms with Gasteiger partial charge in [-0.1, -0.05) is 47.1 Å². The molecule has 2 aromatic carbocycles. The molecule has 0 saturated carbocycles. The van der Waals surface area contributed by atoms with E-state index in [-0.39, 0.29) is 16.9 Å². The Morgan fingerprint density at radius 3 is 2.43 bits per heavy atom. The van der Waals surface area contributed by atoms with Gasteiger partial charge in [0.2, 0.25) is 0 Å². The Labute approximate surface area is 189 Å². The fourth-order valence-electron chi connectivity index (χ4n) is 2.53. The van der Waals surface area contributed by atoms with E-state index in [0.717, 1.165) is 6.08 Å². The summed E-state index contributed by atoms with van der Waals surface area (Å²) in [4.78, 5) is 35.9. The average molecular weight is 542 g/mol. The number of benzene rings is 2. The van der Waals surface area contributed by atoms with Crippen LogP contribution in [-0.2, 0) is 9.53 Å². The molecule has 0 spiro atoms. The smallest absolute Gasteiger partial charge is 0.414 e. The normalized spacial score (nSPS) is 12.8. The molecule has 30 heavy (non-hydrogen) atoms. The van der Waals surface area contributed by atoms with Crippen LogP contribution in [0.15, 0.2) is 63.6 Å². The predicted molar refractivity (Wildman–Crippen MR) is 115 cm³/mol. The van der Waals surface area contributed by atoms with Crippen LogP contribution in [0.3, 0.4) is 0 Å². The minimum Gasteiger partial charge on any atom is -0.506 e. The van der Waals surface area contributed by atoms with E-state index in [1.54, 1.807) is 37.3 Å². The molecule has 3 amide bonds. The van der Waals surface area contributed by atoms with E-state index in [0.29, 0.717) is 8.95 Å². The Morgan fingerprint density at radius 1 is 1.13 bits per heavy atom. The SMILES string of the molecule is C[C@H](/C=C/C(=O)NO)[C@@H](OC(=O)NC(=O)c1ccccc1)c1cc(Br)cc(Br)c1O. The maximum absolute atomic E-state index is 12.4. The van der Waals surface area contributed by atoms with Crippen molar-refractivity contribution >= 4 is 49.8 Å². The fourth-order valence-corrected chi connectivity index (χ4v) is 3.79. The summed E-state index contributed by atoms with van der Waals surface area (Å²) in [7, 11) is 0. The molecule has 10 heteroatoms. The quantitative estimate of drug-likeness (QED) is 0.246. The number of amides is 3. The molecule has 2 atom stereocenters. The number of carbonyl (C=O) groups is 3. The van der Waals surface area contributed by atoms with E-state index in [2.05, 4.69) is 37.2 Å². The molecule has 2 rings (SSSR count). The highest BCUT2D eigenvalue weighted by atomic mass is 79.9. The standard InChI is InChI=1S/C20H18Br2N2O6/c1-11(7-8-16(25)24-29)18(14-9-13(21)10-15(22)17(14)26)30-20(28)23-19(27)12-5-3-2-4-6-12/h2-11,18,26,29H,1H3,(H,24,25)(H,23,27,28)/b8-7+/t11-,18-/m1/s1. The number of ether oxygens (including phenoxy) is 1. The summed E-state index contributed by atoms with van der Waals surface area (Å²) in [6.07, 6.45) is 0.343. The van der Waals surface area contributed by atoms with Gasteiger partial charge in [-0.15, -0.1) is 0 Å². The van der Waals surface area contributed by atoms with Gasteiger partial charge in [-0.2, -0.15) is 0 Å². The van der Waals surface area contributed by atoms with E-state index < -0.39 is 29.9 Å². The molecule has 0 aliphatic heterocycles. The number of nitrogens with one attached hydrogen (secondary N) is 2. The number of alkyl carbamates (subject to hydrolysis) is 1. The van der Waals surface area contributed by atoms with Crippen LogP contribution in [0.25, 0.3) is 0 Å². The predicted octanol–water partition coefficient (Wildman–Crippen LogP) is 4.22. The zero-order valence-electron chi connectivity index (χ0n) is 15.6. The van der Waals surface area contributed by atoms with E-state index in [1.807, 2.05) is 0 Å². The number of phenolic OH excluding ortho intramolecular Hbond substituents is 1. The second-order valence-corrected chi connectivity index (χ2v) is 7.94. The Hall–Kier alpha value is -2.69. The lowest BCUT2D eigenvalue weighted by Crippen LogP contribution is -2.33. The van der Waals surface area contributed by atoms with Crippen molar-refractivity contribution in [3.05, 3.63) is 74.7 Å². The van der Waals surface area contributed by atoms with Crippen molar-refractivity contribution in [2.45, 2.75) is 13.0 Å². The summed E-state index contributed by atoms with van der Waals surface area (Å²) in [6, 6.07) is 11.3. The first-order valence-corrected chi connectivity index (χ1v) is 10.2. The minimum atomic E-state index is -1.06. The van der Waals surface area contributed by atoms with E-state index in [9.17, 15) is 19.5 Å². The number of phenols is 1. The molecular weight excluding hydrogens is 524 g/mol. The number of hydrogen-bond acceptors (Lipinski definition) is 6. The summed E-state index contributed by atoms with van der Waals surface area (Å²) < 4.78 is 6.38. The number of hydrogen-bond donors (Lipinski definition) is 4. The number of rotatable bonds is 6. The molecule has 0 fully saturated rings. The van der Waals surface area contributed by atoms with Crippen LogP contribution in [0.5, 0.6) is 5.75 Å². The maximum atomic E-state index is 12.4. The molecule has 0 saturated heterocycles. The second-order valence-electron chi connectivity index (χ2n) is 6.17. The van der Waals surface area contributed by atoms with E-state index in [1.165, 1.54) is 23.7 Å². The number of carbonyl (C=O) groups excluding carboxylic acids is 3. The van der Waals surface area contributed by atoms with Gasteiger partial charge >= 0.3 is 6.09 Å². The Balaban J connectivity index is 2.29. The van der Waals surface area contributed by atoms with Crippen LogP contribution < -0.4 is 10.8 Å². The monoisotopic (exact) mass is 540 g/mol. The molecule has 0 aromatic heterocycles. The van der Waals surface area contributed by atoms with Gasteiger partial charge in [-0.05, 0) is 40.2 Å². The zero-order valence-corrected chi connectivity index (χ0v) is 18.8. The Morgan fingerprint density at radius 2 is 1.80 bits per heavy atom. The number of hydroxylamine groups is 1. The van der Waals surface area contributed by atoms with Crippen LogP contribution in [0, 0.1) is 5.92 Å². The third-order valence-corrected chi connectivity index (χ3v) is 5.05. The lowest BCUT2D eigenvalue weighted by Gasteiger charge is -2.24. The van der Waals surface area contributed by atoms with Crippen molar-refractivity contribution in [1.82, 2.24) is 10.8 Å². The first-order valence-electron chi connectivity index (χ1n) is 8.60. The van der Waals surface area contributed by atoms with Crippen molar-refractivity contribution in [1.29, 1.82) is 0 Å². The maximum Gasteiger partial charge on any atom is 0.414 e. The zero-order chi connectivity index (χ0) is 22.3. The first-order chi connectivity index (χ1) is 14.2. The molecule has 0 heterocycles. The third-order valence-electron chi connectivity index (χ3n) is 3.99. The minimum absolute atomic E-state index is 0.169. The average Bonchev–Trinajstić information content (AvgIpc) is 2.73. The summed E-state index contributed by atoms with van der Waals surface area (Å²) in [5, 5.41) is 21.2. The lowest BCUT2D eigenvalue weighted by atomic mass is 9.96. The number of aromatic hydroxyl groups is 1. The van der Waals surface area contributed by atoms with Gasteiger partial charge in [-0.3, -0.25) is 20.1 Å². The first kappa shape index (κ1) is 23.6.